The minimum Gasteiger partial charge on any atom is -0.388 e. The fourth-order valence-corrected chi connectivity index (χ4v) is 3.20. The molecule has 3 rings (SSSR count). The van der Waals surface area contributed by atoms with Crippen LogP contribution in [-0.4, -0.2) is 35.0 Å². The van der Waals surface area contributed by atoms with Gasteiger partial charge in [0.25, 0.3) is 0 Å². The molecule has 0 aromatic carbocycles. The molecule has 2 saturated heterocycles. The molecular formula is C13H18N2O2S. The van der Waals surface area contributed by atoms with Gasteiger partial charge in [0.05, 0.1) is 17.9 Å². The van der Waals surface area contributed by atoms with E-state index in [1.54, 1.807) is 0 Å². The predicted octanol–water partition coefficient (Wildman–Crippen LogP) is 1.63. The van der Waals surface area contributed by atoms with Crippen LogP contribution in [0.3, 0.4) is 0 Å². The van der Waals surface area contributed by atoms with E-state index < -0.39 is 0 Å². The number of nitrogens with zero attached hydrogens (tertiary/aromatic N) is 1. The predicted molar refractivity (Wildman–Crippen MR) is 72.7 cm³/mol. The van der Waals surface area contributed by atoms with Crippen LogP contribution in [0, 0.1) is 0 Å². The van der Waals surface area contributed by atoms with Crippen LogP contribution < -0.4 is 5.73 Å². The number of rotatable bonds is 2. The van der Waals surface area contributed by atoms with Crippen molar-refractivity contribution in [2.24, 2.45) is 5.73 Å². The number of hydrogen-bond acceptors (Lipinski definition) is 3. The second kappa shape index (κ2) is 4.64. The van der Waals surface area contributed by atoms with Crippen molar-refractivity contribution in [1.29, 1.82) is 0 Å². The van der Waals surface area contributed by atoms with Crippen molar-refractivity contribution in [2.75, 3.05) is 19.8 Å². The first kappa shape index (κ1) is 12.1. The van der Waals surface area contributed by atoms with E-state index in [4.69, 9.17) is 27.4 Å². The maximum Gasteiger partial charge on any atom is 0.120 e. The summed E-state index contributed by atoms with van der Waals surface area (Å²) >= 11 is 5.10. The molecule has 18 heavy (non-hydrogen) atoms. The summed E-state index contributed by atoms with van der Waals surface area (Å²) in [5, 5.41) is 0. The zero-order chi connectivity index (χ0) is 12.6. The van der Waals surface area contributed by atoms with Crippen molar-refractivity contribution >= 4 is 17.2 Å². The highest BCUT2D eigenvalue weighted by Crippen LogP contribution is 2.38. The van der Waals surface area contributed by atoms with Crippen molar-refractivity contribution in [3.8, 4) is 0 Å². The number of nitrogens with two attached hydrogens (primary N) is 1. The monoisotopic (exact) mass is 266 g/mol. The molecule has 0 aliphatic carbocycles. The first-order chi connectivity index (χ1) is 8.70. The molecule has 2 aliphatic heterocycles. The lowest BCUT2D eigenvalue weighted by molar-refractivity contribution is -0.0948. The highest BCUT2D eigenvalue weighted by Gasteiger charge is 2.41. The van der Waals surface area contributed by atoms with Gasteiger partial charge in [-0.2, -0.15) is 0 Å². The van der Waals surface area contributed by atoms with Crippen LogP contribution in [0.4, 0.5) is 0 Å². The lowest BCUT2D eigenvalue weighted by Gasteiger charge is -2.38. The summed E-state index contributed by atoms with van der Waals surface area (Å²) < 4.78 is 13.6. The third-order valence-electron chi connectivity index (χ3n) is 3.96. The molecule has 3 heterocycles. The van der Waals surface area contributed by atoms with Gasteiger partial charge in [0, 0.05) is 31.9 Å². The number of aromatic nitrogens is 1. The van der Waals surface area contributed by atoms with Gasteiger partial charge in [0.2, 0.25) is 0 Å². The molecule has 2 fully saturated rings. The maximum atomic E-state index is 5.95. The van der Waals surface area contributed by atoms with Crippen LogP contribution in [0.15, 0.2) is 18.3 Å². The first-order valence-corrected chi connectivity index (χ1v) is 6.79. The Hall–Kier alpha value is -0.910. The highest BCUT2D eigenvalue weighted by molar-refractivity contribution is 7.80. The van der Waals surface area contributed by atoms with Gasteiger partial charge in [-0.3, -0.25) is 0 Å². The molecule has 1 aromatic heterocycles. The Morgan fingerprint density at radius 3 is 3.11 bits per heavy atom. The Kier molecular flexibility index (Phi) is 3.13. The molecule has 2 aliphatic rings. The minimum atomic E-state index is -0.0827. The van der Waals surface area contributed by atoms with Crippen molar-refractivity contribution < 1.29 is 9.47 Å². The van der Waals surface area contributed by atoms with E-state index in [2.05, 4.69) is 10.8 Å². The smallest absolute Gasteiger partial charge is 0.120 e. The molecule has 2 N–H and O–H groups in total. The molecule has 98 valence electrons. The van der Waals surface area contributed by atoms with Crippen LogP contribution in [-0.2, 0) is 9.47 Å². The number of ether oxygens (including phenoxy) is 2. The molecule has 0 radical (unpaired) electrons. The second-order valence-electron chi connectivity index (χ2n) is 5.15. The SMILES string of the molecule is NC(=S)c1cccn1C1CCOC2(CCOC2)C1. The number of thiocarbonyl (C=S) groups is 1. The van der Waals surface area contributed by atoms with E-state index in [0.717, 1.165) is 38.2 Å². The fraction of sp³-hybridized carbons (Fsp3) is 0.615. The lowest BCUT2D eigenvalue weighted by atomic mass is 9.89. The van der Waals surface area contributed by atoms with E-state index in [0.29, 0.717) is 17.6 Å². The summed E-state index contributed by atoms with van der Waals surface area (Å²) in [5.41, 5.74) is 6.63. The topological polar surface area (TPSA) is 49.4 Å². The Bertz CT molecular complexity index is 452. The Balaban J connectivity index is 1.83. The average Bonchev–Trinajstić information content (AvgIpc) is 2.98. The van der Waals surface area contributed by atoms with Crippen LogP contribution in [0.2, 0.25) is 0 Å². The Morgan fingerprint density at radius 1 is 1.50 bits per heavy atom. The van der Waals surface area contributed by atoms with E-state index >= 15 is 0 Å². The first-order valence-electron chi connectivity index (χ1n) is 6.39. The van der Waals surface area contributed by atoms with E-state index in [1.165, 1.54) is 0 Å². The average molecular weight is 266 g/mol. The van der Waals surface area contributed by atoms with E-state index in [-0.39, 0.29) is 5.60 Å². The van der Waals surface area contributed by atoms with Gasteiger partial charge in [-0.15, -0.1) is 0 Å². The fourth-order valence-electron chi connectivity index (χ4n) is 3.02. The van der Waals surface area contributed by atoms with Crippen LogP contribution in [0.25, 0.3) is 0 Å². The molecule has 2 atom stereocenters. The zero-order valence-electron chi connectivity index (χ0n) is 10.3. The van der Waals surface area contributed by atoms with Gasteiger partial charge < -0.3 is 19.8 Å². The van der Waals surface area contributed by atoms with Gasteiger partial charge in [0.1, 0.15) is 4.99 Å². The van der Waals surface area contributed by atoms with Crippen molar-refractivity contribution in [1.82, 2.24) is 4.57 Å². The third-order valence-corrected chi connectivity index (χ3v) is 4.17. The minimum absolute atomic E-state index is 0.0827. The zero-order valence-corrected chi connectivity index (χ0v) is 11.1. The third kappa shape index (κ3) is 2.06. The van der Waals surface area contributed by atoms with Crippen molar-refractivity contribution in [3.63, 3.8) is 0 Å². The standard InChI is InChI=1S/C13H18N2O2S/c14-12(18)11-2-1-5-15(11)10-3-6-17-13(8-10)4-7-16-9-13/h1-2,5,10H,3-4,6-9H2,(H2,14,18). The van der Waals surface area contributed by atoms with Crippen molar-refractivity contribution in [2.45, 2.75) is 30.9 Å². The summed E-state index contributed by atoms with van der Waals surface area (Å²) in [4.78, 5) is 0.461. The van der Waals surface area contributed by atoms with Gasteiger partial charge in [-0.05, 0) is 25.0 Å². The van der Waals surface area contributed by atoms with E-state index in [1.807, 2.05) is 12.1 Å². The summed E-state index contributed by atoms with van der Waals surface area (Å²) in [5.74, 6) is 0. The number of hydrogen-bond donors (Lipinski definition) is 1. The normalized spacial score (nSPS) is 31.9. The van der Waals surface area contributed by atoms with Gasteiger partial charge >= 0.3 is 0 Å². The second-order valence-corrected chi connectivity index (χ2v) is 5.59. The van der Waals surface area contributed by atoms with Crippen molar-refractivity contribution in [3.05, 3.63) is 24.0 Å². The Morgan fingerprint density at radius 2 is 2.39 bits per heavy atom. The van der Waals surface area contributed by atoms with Crippen LogP contribution in [0.5, 0.6) is 0 Å². The summed E-state index contributed by atoms with van der Waals surface area (Å²) in [6.45, 7) is 2.30. The van der Waals surface area contributed by atoms with Gasteiger partial charge in [-0.1, -0.05) is 12.2 Å². The molecule has 0 bridgehead atoms. The highest BCUT2D eigenvalue weighted by atomic mass is 32.1. The molecule has 0 amide bonds. The largest absolute Gasteiger partial charge is 0.388 e. The molecule has 0 saturated carbocycles. The molecule has 4 nitrogen and oxygen atoms in total. The summed E-state index contributed by atoms with van der Waals surface area (Å²) in [6, 6.07) is 4.39. The summed E-state index contributed by atoms with van der Waals surface area (Å²) in [6.07, 6.45) is 5.05. The Labute approximate surface area is 112 Å². The van der Waals surface area contributed by atoms with E-state index in [9.17, 15) is 0 Å². The molecule has 1 aromatic rings. The maximum absolute atomic E-state index is 5.95. The summed E-state index contributed by atoms with van der Waals surface area (Å²) in [7, 11) is 0. The van der Waals surface area contributed by atoms with Crippen LogP contribution >= 0.6 is 12.2 Å². The molecule has 5 heteroatoms. The molecule has 2 unspecified atom stereocenters. The lowest BCUT2D eigenvalue weighted by Crippen LogP contribution is -2.41. The van der Waals surface area contributed by atoms with Gasteiger partial charge in [-0.25, -0.2) is 0 Å². The molecular weight excluding hydrogens is 248 g/mol. The molecule has 1 spiro atoms. The van der Waals surface area contributed by atoms with Crippen LogP contribution in [0.1, 0.15) is 31.0 Å². The quantitative estimate of drug-likeness (QED) is 0.827. The van der Waals surface area contributed by atoms with Gasteiger partial charge in [0.15, 0.2) is 0 Å².